The van der Waals surface area contributed by atoms with Crippen LogP contribution in [0.1, 0.15) is 34.1 Å². The smallest absolute Gasteiger partial charge is 0.294 e. The van der Waals surface area contributed by atoms with E-state index >= 15 is 0 Å². The summed E-state index contributed by atoms with van der Waals surface area (Å²) < 4.78 is 36.7. The van der Waals surface area contributed by atoms with Crippen molar-refractivity contribution >= 4 is 0 Å². The van der Waals surface area contributed by atoms with Gasteiger partial charge in [-0.1, -0.05) is 27.7 Å². The molecule has 0 N–H and O–H groups in total. The van der Waals surface area contributed by atoms with Gasteiger partial charge in [0, 0.05) is 6.54 Å². The minimum atomic E-state index is -4.07. The third kappa shape index (κ3) is 3.10. The van der Waals surface area contributed by atoms with Crippen LogP contribution in [0, 0.1) is 10.8 Å². The molecular weight excluding hydrogens is 203 g/mol. The fraction of sp³-hybridized carbons (Fsp3) is 1.00. The highest BCUT2D eigenvalue weighted by atomic mass is 19.4. The molecule has 1 aliphatic rings. The molecule has 0 radical (unpaired) electrons. The Hall–Kier alpha value is -0.250. The second-order valence-corrected chi connectivity index (χ2v) is 5.84. The van der Waals surface area contributed by atoms with Crippen LogP contribution in [-0.4, -0.2) is 30.7 Å². The fourth-order valence-corrected chi connectivity index (χ4v) is 2.02. The molecule has 1 fully saturated rings. The first-order chi connectivity index (χ1) is 6.54. The maximum Gasteiger partial charge on any atom is 0.401 e. The predicted molar refractivity (Wildman–Crippen MR) is 54.7 cm³/mol. The Morgan fingerprint density at radius 2 is 1.60 bits per heavy atom. The molecule has 0 atom stereocenters. The molecule has 4 heteroatoms. The molecule has 1 nitrogen and oxygen atoms in total. The minimum Gasteiger partial charge on any atom is -0.294 e. The summed E-state index contributed by atoms with van der Waals surface area (Å²) in [5.74, 6) is 0. The first-order valence-electron chi connectivity index (χ1n) is 5.33. The van der Waals surface area contributed by atoms with E-state index in [9.17, 15) is 13.2 Å². The molecule has 0 aromatic heterocycles. The Labute approximate surface area is 89.6 Å². The van der Waals surface area contributed by atoms with Crippen molar-refractivity contribution in [1.82, 2.24) is 4.90 Å². The first kappa shape index (κ1) is 12.8. The molecule has 0 spiro atoms. The lowest BCUT2D eigenvalue weighted by molar-refractivity contribution is -0.158. The highest BCUT2D eigenvalue weighted by molar-refractivity contribution is 4.93. The topological polar surface area (TPSA) is 3.24 Å². The van der Waals surface area contributed by atoms with Crippen LogP contribution in [0.5, 0.6) is 0 Å². The Balaban J connectivity index is 2.63. The Morgan fingerprint density at radius 3 is 2.00 bits per heavy atom. The van der Waals surface area contributed by atoms with Gasteiger partial charge in [0.25, 0.3) is 0 Å². The van der Waals surface area contributed by atoms with Gasteiger partial charge in [-0.05, 0) is 23.8 Å². The van der Waals surface area contributed by atoms with Crippen LogP contribution in [0.3, 0.4) is 0 Å². The van der Waals surface area contributed by atoms with Gasteiger partial charge in [0.1, 0.15) is 0 Å². The van der Waals surface area contributed by atoms with Crippen molar-refractivity contribution in [2.24, 2.45) is 10.8 Å². The number of halogens is 3. The largest absolute Gasteiger partial charge is 0.401 e. The average Bonchev–Trinajstić information content (AvgIpc) is 1.94. The van der Waals surface area contributed by atoms with Gasteiger partial charge in [0.05, 0.1) is 6.54 Å². The summed E-state index contributed by atoms with van der Waals surface area (Å²) in [6.45, 7) is 8.68. The third-order valence-electron chi connectivity index (χ3n) is 3.91. The van der Waals surface area contributed by atoms with Crippen LogP contribution in [0.2, 0.25) is 0 Å². The zero-order valence-electron chi connectivity index (χ0n) is 9.91. The second kappa shape index (κ2) is 3.65. The van der Waals surface area contributed by atoms with E-state index in [0.717, 1.165) is 6.42 Å². The minimum absolute atomic E-state index is 0.0590. The molecule has 1 saturated heterocycles. The van der Waals surface area contributed by atoms with Gasteiger partial charge in [0.2, 0.25) is 0 Å². The van der Waals surface area contributed by atoms with Gasteiger partial charge in [-0.15, -0.1) is 0 Å². The maximum absolute atomic E-state index is 12.2. The Bertz CT molecular complexity index is 230. The van der Waals surface area contributed by atoms with Crippen molar-refractivity contribution in [2.75, 3.05) is 19.6 Å². The summed E-state index contributed by atoms with van der Waals surface area (Å²) in [6, 6.07) is 0. The van der Waals surface area contributed by atoms with E-state index in [2.05, 4.69) is 27.7 Å². The number of hydrogen-bond acceptors (Lipinski definition) is 1. The van der Waals surface area contributed by atoms with E-state index in [4.69, 9.17) is 0 Å². The highest BCUT2D eigenvalue weighted by Gasteiger charge is 2.44. The monoisotopic (exact) mass is 223 g/mol. The van der Waals surface area contributed by atoms with Crippen molar-refractivity contribution in [2.45, 2.75) is 40.3 Å². The molecule has 90 valence electrons. The van der Waals surface area contributed by atoms with Crippen molar-refractivity contribution in [3.05, 3.63) is 0 Å². The molecule has 1 heterocycles. The zero-order chi connectivity index (χ0) is 11.9. The summed E-state index contributed by atoms with van der Waals surface area (Å²) in [6.07, 6.45) is -3.24. The maximum atomic E-state index is 12.2. The molecule has 0 aliphatic carbocycles. The molecule has 1 rings (SSSR count). The van der Waals surface area contributed by atoms with Crippen LogP contribution < -0.4 is 0 Å². The normalized spacial score (nSPS) is 26.6. The van der Waals surface area contributed by atoms with E-state index in [1.165, 1.54) is 4.90 Å². The summed E-state index contributed by atoms with van der Waals surface area (Å²) in [7, 11) is 0. The molecule has 0 saturated carbocycles. The Morgan fingerprint density at radius 1 is 1.07 bits per heavy atom. The van der Waals surface area contributed by atoms with E-state index in [0.29, 0.717) is 13.1 Å². The third-order valence-corrected chi connectivity index (χ3v) is 3.91. The molecular formula is C11H20F3N. The van der Waals surface area contributed by atoms with E-state index in [-0.39, 0.29) is 10.8 Å². The van der Waals surface area contributed by atoms with E-state index < -0.39 is 12.7 Å². The molecule has 0 unspecified atom stereocenters. The lowest BCUT2D eigenvalue weighted by atomic mass is 9.64. The SMILES string of the molecule is CC1(C)CCN(CC(F)(F)F)CC1(C)C. The van der Waals surface area contributed by atoms with Gasteiger partial charge in [0.15, 0.2) is 0 Å². The van der Waals surface area contributed by atoms with Gasteiger partial charge >= 0.3 is 6.18 Å². The Kier molecular flexibility index (Phi) is 3.12. The standard InChI is InChI=1S/C11H20F3N/c1-9(2)5-6-15(7-10(9,3)4)8-11(12,13)14/h5-8H2,1-4H3. The molecule has 0 bridgehead atoms. The van der Waals surface area contributed by atoms with E-state index in [1.807, 2.05) is 0 Å². The summed E-state index contributed by atoms with van der Waals surface area (Å²) in [5, 5.41) is 0. The first-order valence-corrected chi connectivity index (χ1v) is 5.33. The summed E-state index contributed by atoms with van der Waals surface area (Å²) in [4.78, 5) is 1.52. The fourth-order valence-electron chi connectivity index (χ4n) is 2.02. The zero-order valence-corrected chi connectivity index (χ0v) is 9.91. The van der Waals surface area contributed by atoms with Crippen LogP contribution in [-0.2, 0) is 0 Å². The average molecular weight is 223 g/mol. The predicted octanol–water partition coefficient (Wildman–Crippen LogP) is 3.31. The van der Waals surface area contributed by atoms with Crippen LogP contribution in [0.4, 0.5) is 13.2 Å². The number of piperidine rings is 1. The number of hydrogen-bond donors (Lipinski definition) is 0. The van der Waals surface area contributed by atoms with Crippen LogP contribution in [0.15, 0.2) is 0 Å². The molecule has 0 aromatic rings. The molecule has 0 amide bonds. The quantitative estimate of drug-likeness (QED) is 0.659. The number of rotatable bonds is 1. The van der Waals surface area contributed by atoms with Gasteiger partial charge < -0.3 is 0 Å². The van der Waals surface area contributed by atoms with Crippen LogP contribution in [0.25, 0.3) is 0 Å². The van der Waals surface area contributed by atoms with Crippen molar-refractivity contribution in [3.63, 3.8) is 0 Å². The van der Waals surface area contributed by atoms with Gasteiger partial charge in [-0.3, -0.25) is 4.90 Å². The summed E-state index contributed by atoms with van der Waals surface area (Å²) in [5.41, 5.74) is 0.0611. The van der Waals surface area contributed by atoms with Crippen molar-refractivity contribution in [3.8, 4) is 0 Å². The second-order valence-electron chi connectivity index (χ2n) is 5.84. The van der Waals surface area contributed by atoms with E-state index in [1.54, 1.807) is 0 Å². The number of nitrogens with zero attached hydrogens (tertiary/aromatic N) is 1. The van der Waals surface area contributed by atoms with Crippen molar-refractivity contribution < 1.29 is 13.2 Å². The lowest BCUT2D eigenvalue weighted by Crippen LogP contribution is -2.52. The molecule has 0 aromatic carbocycles. The molecule has 1 aliphatic heterocycles. The van der Waals surface area contributed by atoms with Gasteiger partial charge in [-0.25, -0.2) is 0 Å². The summed E-state index contributed by atoms with van der Waals surface area (Å²) >= 11 is 0. The number of alkyl halides is 3. The van der Waals surface area contributed by atoms with Crippen molar-refractivity contribution in [1.29, 1.82) is 0 Å². The van der Waals surface area contributed by atoms with Gasteiger partial charge in [-0.2, -0.15) is 13.2 Å². The lowest BCUT2D eigenvalue weighted by Gasteiger charge is -2.50. The highest BCUT2D eigenvalue weighted by Crippen LogP contribution is 2.45. The molecule has 15 heavy (non-hydrogen) atoms. The number of likely N-dealkylation sites (tertiary alicyclic amines) is 1. The van der Waals surface area contributed by atoms with Crippen LogP contribution >= 0.6 is 0 Å².